The summed E-state index contributed by atoms with van der Waals surface area (Å²) in [5, 5.41) is 0. The Kier molecular flexibility index (Phi) is 3.36. The van der Waals surface area contributed by atoms with Crippen LogP contribution in [0.2, 0.25) is 0 Å². The van der Waals surface area contributed by atoms with Crippen molar-refractivity contribution < 1.29 is 0 Å². The number of nitrogens with zero attached hydrogens (tertiary/aromatic N) is 2. The molecule has 1 aromatic heterocycles. The highest BCUT2D eigenvalue weighted by Gasteiger charge is 2.11. The maximum absolute atomic E-state index is 5.79. The van der Waals surface area contributed by atoms with E-state index in [1.54, 1.807) is 0 Å². The van der Waals surface area contributed by atoms with Gasteiger partial charge in [0, 0.05) is 12.2 Å². The summed E-state index contributed by atoms with van der Waals surface area (Å²) in [6.45, 7) is 7.62. The molecule has 2 rings (SSSR count). The smallest absolute Gasteiger partial charge is 0.106 e. The zero-order valence-electron chi connectivity index (χ0n) is 10.9. The Bertz CT molecular complexity index is 509. The first-order chi connectivity index (χ1) is 8.15. The molecule has 0 amide bonds. The van der Waals surface area contributed by atoms with Crippen LogP contribution in [0.1, 0.15) is 32.5 Å². The number of imidazole rings is 1. The van der Waals surface area contributed by atoms with E-state index in [-0.39, 0.29) is 0 Å². The van der Waals surface area contributed by atoms with E-state index in [1.807, 2.05) is 12.1 Å². The molecule has 0 unspecified atom stereocenters. The third-order valence-corrected chi connectivity index (χ3v) is 3.56. The number of hydrogen-bond acceptors (Lipinski definition) is 2. The minimum atomic E-state index is 0.726. The molecule has 0 aliphatic rings. The maximum Gasteiger partial charge on any atom is 0.106 e. The molecule has 17 heavy (non-hydrogen) atoms. The Hall–Kier alpha value is -1.51. The zero-order valence-corrected chi connectivity index (χ0v) is 10.9. The topological polar surface area (TPSA) is 43.8 Å². The van der Waals surface area contributed by atoms with Gasteiger partial charge >= 0.3 is 0 Å². The molecule has 0 saturated carbocycles. The molecule has 0 aliphatic carbocycles. The predicted octanol–water partition coefficient (Wildman–Crippen LogP) is 3.36. The van der Waals surface area contributed by atoms with Gasteiger partial charge in [0.15, 0.2) is 0 Å². The molecule has 2 N–H and O–H groups in total. The number of aromatic nitrogens is 2. The van der Waals surface area contributed by atoms with E-state index >= 15 is 0 Å². The monoisotopic (exact) mass is 231 g/mol. The van der Waals surface area contributed by atoms with Crippen molar-refractivity contribution >= 4 is 16.7 Å². The average Bonchev–Trinajstić information content (AvgIpc) is 2.61. The largest absolute Gasteiger partial charge is 0.399 e. The van der Waals surface area contributed by atoms with Gasteiger partial charge in [0.1, 0.15) is 5.82 Å². The Morgan fingerprint density at radius 3 is 2.65 bits per heavy atom. The fraction of sp³-hybridized carbons (Fsp3) is 0.500. The Balaban J connectivity index is 2.42. The molecule has 0 fully saturated rings. The van der Waals surface area contributed by atoms with Gasteiger partial charge in [-0.05, 0) is 31.0 Å². The van der Waals surface area contributed by atoms with Gasteiger partial charge < -0.3 is 10.3 Å². The summed E-state index contributed by atoms with van der Waals surface area (Å²) in [7, 11) is 0. The number of aryl methyl sites for hydroxylation is 1. The van der Waals surface area contributed by atoms with E-state index in [9.17, 15) is 0 Å². The highest BCUT2D eigenvalue weighted by Crippen LogP contribution is 2.21. The van der Waals surface area contributed by atoms with Crippen LogP contribution in [-0.2, 0) is 6.54 Å². The molecule has 3 nitrogen and oxygen atoms in total. The Morgan fingerprint density at radius 1 is 1.29 bits per heavy atom. The van der Waals surface area contributed by atoms with Crippen LogP contribution in [0, 0.1) is 12.8 Å². The standard InChI is InChI=1S/C14H21N3/c1-4-11(5-2)9-17-10(3)16-13-8-12(15)6-7-14(13)17/h6-8,11H,4-5,9,15H2,1-3H3. The second-order valence-electron chi connectivity index (χ2n) is 4.70. The van der Waals surface area contributed by atoms with E-state index in [2.05, 4.69) is 36.4 Å². The van der Waals surface area contributed by atoms with Crippen LogP contribution in [0.25, 0.3) is 11.0 Å². The van der Waals surface area contributed by atoms with Crippen LogP contribution in [-0.4, -0.2) is 9.55 Å². The lowest BCUT2D eigenvalue weighted by Gasteiger charge is -2.15. The molecule has 0 saturated heterocycles. The number of nitrogens with two attached hydrogens (primary N) is 1. The summed E-state index contributed by atoms with van der Waals surface area (Å²) in [5.74, 6) is 1.81. The molecule has 0 aliphatic heterocycles. The highest BCUT2D eigenvalue weighted by atomic mass is 15.1. The lowest BCUT2D eigenvalue weighted by atomic mass is 10.0. The number of nitrogen functional groups attached to an aromatic ring is 1. The predicted molar refractivity (Wildman–Crippen MR) is 73.0 cm³/mol. The van der Waals surface area contributed by atoms with E-state index in [0.29, 0.717) is 0 Å². The summed E-state index contributed by atoms with van der Waals surface area (Å²) < 4.78 is 2.31. The lowest BCUT2D eigenvalue weighted by Crippen LogP contribution is -2.10. The number of benzene rings is 1. The number of rotatable bonds is 4. The first-order valence-corrected chi connectivity index (χ1v) is 6.38. The van der Waals surface area contributed by atoms with Gasteiger partial charge in [0.05, 0.1) is 11.0 Å². The molecule has 0 spiro atoms. The van der Waals surface area contributed by atoms with Crippen molar-refractivity contribution in [1.82, 2.24) is 9.55 Å². The molecule has 0 bridgehead atoms. The normalized spacial score (nSPS) is 11.5. The zero-order chi connectivity index (χ0) is 12.4. The summed E-state index contributed by atoms with van der Waals surface area (Å²) in [5.41, 5.74) is 8.78. The van der Waals surface area contributed by atoms with Gasteiger partial charge in [-0.25, -0.2) is 4.98 Å². The molecular formula is C14H21N3. The maximum atomic E-state index is 5.79. The van der Waals surface area contributed by atoms with Crippen molar-refractivity contribution in [3.8, 4) is 0 Å². The molecule has 0 atom stereocenters. The summed E-state index contributed by atoms with van der Waals surface area (Å²) in [6.07, 6.45) is 2.43. The van der Waals surface area contributed by atoms with Crippen LogP contribution < -0.4 is 5.73 Å². The van der Waals surface area contributed by atoms with Crippen LogP contribution >= 0.6 is 0 Å². The first-order valence-electron chi connectivity index (χ1n) is 6.38. The van der Waals surface area contributed by atoms with Crippen molar-refractivity contribution in [1.29, 1.82) is 0 Å². The molecule has 3 heteroatoms. The average molecular weight is 231 g/mol. The second kappa shape index (κ2) is 4.78. The summed E-state index contributed by atoms with van der Waals surface area (Å²) in [6, 6.07) is 5.98. The first kappa shape index (κ1) is 12.0. The Labute approximate surface area is 103 Å². The quantitative estimate of drug-likeness (QED) is 0.820. The minimum absolute atomic E-state index is 0.726. The van der Waals surface area contributed by atoms with Crippen LogP contribution in [0.4, 0.5) is 5.69 Å². The third-order valence-electron chi connectivity index (χ3n) is 3.56. The van der Waals surface area contributed by atoms with Gasteiger partial charge in [-0.2, -0.15) is 0 Å². The molecule has 2 aromatic rings. The fourth-order valence-corrected chi connectivity index (χ4v) is 2.30. The summed E-state index contributed by atoms with van der Waals surface area (Å²) >= 11 is 0. The van der Waals surface area contributed by atoms with Crippen LogP contribution in [0.15, 0.2) is 18.2 Å². The van der Waals surface area contributed by atoms with E-state index in [0.717, 1.165) is 29.5 Å². The van der Waals surface area contributed by atoms with Crippen LogP contribution in [0.3, 0.4) is 0 Å². The molecular weight excluding hydrogens is 210 g/mol. The van der Waals surface area contributed by atoms with Crippen molar-refractivity contribution in [2.24, 2.45) is 5.92 Å². The van der Waals surface area contributed by atoms with Gasteiger partial charge in [0.25, 0.3) is 0 Å². The second-order valence-corrected chi connectivity index (χ2v) is 4.70. The molecule has 0 radical (unpaired) electrons. The summed E-state index contributed by atoms with van der Waals surface area (Å²) in [4.78, 5) is 4.58. The van der Waals surface area contributed by atoms with Gasteiger partial charge in [-0.15, -0.1) is 0 Å². The SMILES string of the molecule is CCC(CC)Cn1c(C)nc2cc(N)ccc21. The molecule has 1 aromatic carbocycles. The van der Waals surface area contributed by atoms with Crippen molar-refractivity contribution in [2.75, 3.05) is 5.73 Å². The highest BCUT2D eigenvalue weighted by molar-refractivity contribution is 5.79. The van der Waals surface area contributed by atoms with E-state index in [4.69, 9.17) is 5.73 Å². The molecule has 1 heterocycles. The number of hydrogen-bond donors (Lipinski definition) is 1. The van der Waals surface area contributed by atoms with Gasteiger partial charge in [0.2, 0.25) is 0 Å². The lowest BCUT2D eigenvalue weighted by molar-refractivity contribution is 0.420. The van der Waals surface area contributed by atoms with Crippen LogP contribution in [0.5, 0.6) is 0 Å². The van der Waals surface area contributed by atoms with Crippen molar-refractivity contribution in [3.63, 3.8) is 0 Å². The molecule has 92 valence electrons. The van der Waals surface area contributed by atoms with Gasteiger partial charge in [-0.1, -0.05) is 26.7 Å². The minimum Gasteiger partial charge on any atom is -0.399 e. The van der Waals surface area contributed by atoms with Crippen molar-refractivity contribution in [3.05, 3.63) is 24.0 Å². The third kappa shape index (κ3) is 2.28. The fourth-order valence-electron chi connectivity index (χ4n) is 2.30. The number of fused-ring (bicyclic) bond motifs is 1. The van der Waals surface area contributed by atoms with E-state index in [1.165, 1.54) is 18.4 Å². The Morgan fingerprint density at radius 2 is 2.00 bits per heavy atom. The van der Waals surface area contributed by atoms with E-state index < -0.39 is 0 Å². The van der Waals surface area contributed by atoms with Gasteiger partial charge in [-0.3, -0.25) is 0 Å². The van der Waals surface area contributed by atoms with Crippen molar-refractivity contribution in [2.45, 2.75) is 40.2 Å². The number of anilines is 1.